The van der Waals surface area contributed by atoms with Crippen LogP contribution in [0.3, 0.4) is 0 Å². The van der Waals surface area contributed by atoms with Gasteiger partial charge in [-0.3, -0.25) is 0 Å². The van der Waals surface area contributed by atoms with Crippen LogP contribution in [0.25, 0.3) is 0 Å². The average Bonchev–Trinajstić information content (AvgIpc) is 2.67. The molecular formula is C20H27FN2O3S. The van der Waals surface area contributed by atoms with Crippen molar-refractivity contribution in [1.29, 1.82) is 0 Å². The number of benzene rings is 2. The van der Waals surface area contributed by atoms with Gasteiger partial charge < -0.3 is 10.1 Å². The Morgan fingerprint density at radius 2 is 1.70 bits per heavy atom. The second-order valence-electron chi connectivity index (χ2n) is 6.11. The van der Waals surface area contributed by atoms with Gasteiger partial charge in [0.25, 0.3) is 0 Å². The molecule has 2 rings (SSSR count). The summed E-state index contributed by atoms with van der Waals surface area (Å²) in [5, 5.41) is 3.28. The fourth-order valence-corrected chi connectivity index (χ4v) is 4.22. The Balaban J connectivity index is 1.90. The zero-order valence-electron chi connectivity index (χ0n) is 16.0. The Kier molecular flexibility index (Phi) is 7.77. The number of rotatable bonds is 10. The van der Waals surface area contributed by atoms with E-state index in [0.29, 0.717) is 31.1 Å². The zero-order chi connectivity index (χ0) is 19.9. The van der Waals surface area contributed by atoms with Crippen LogP contribution in [0.4, 0.5) is 4.39 Å². The minimum Gasteiger partial charge on any atom is -0.489 e. The average molecular weight is 395 g/mol. The van der Waals surface area contributed by atoms with Gasteiger partial charge in [-0.05, 0) is 36.8 Å². The summed E-state index contributed by atoms with van der Waals surface area (Å²) in [5.41, 5.74) is 0.972. The standard InChI is InChI=1S/C20H27FN2O3S/c1-4-23(5-2)27(24,25)18-12-10-17(11-13-18)16(3)22-14-15-26-20-9-7-6-8-19(20)21/h6-13,16,22H,4-5,14-15H2,1-3H3/t16-/m1/s1. The molecule has 7 heteroatoms. The molecule has 0 saturated carbocycles. The fraction of sp³-hybridized carbons (Fsp3) is 0.400. The molecule has 0 fully saturated rings. The Morgan fingerprint density at radius 3 is 2.30 bits per heavy atom. The molecule has 0 aromatic heterocycles. The van der Waals surface area contributed by atoms with Crippen molar-refractivity contribution < 1.29 is 17.5 Å². The predicted molar refractivity (Wildman–Crippen MR) is 105 cm³/mol. The minimum atomic E-state index is -3.44. The minimum absolute atomic E-state index is 0.0134. The van der Waals surface area contributed by atoms with Gasteiger partial charge in [-0.15, -0.1) is 0 Å². The topological polar surface area (TPSA) is 58.6 Å². The van der Waals surface area contributed by atoms with Gasteiger partial charge in [-0.25, -0.2) is 12.8 Å². The third-order valence-corrected chi connectivity index (χ3v) is 6.43. The number of nitrogens with zero attached hydrogens (tertiary/aromatic N) is 1. The van der Waals surface area contributed by atoms with Crippen molar-refractivity contribution in [3.05, 3.63) is 59.9 Å². The SMILES string of the molecule is CCN(CC)S(=O)(=O)c1ccc([C@@H](C)NCCOc2ccccc2F)cc1. The molecule has 0 saturated heterocycles. The van der Waals surface area contributed by atoms with Crippen LogP contribution in [0.2, 0.25) is 0 Å². The molecule has 148 valence electrons. The lowest BCUT2D eigenvalue weighted by Gasteiger charge is -2.19. The molecule has 2 aromatic rings. The van der Waals surface area contributed by atoms with Crippen LogP contribution in [-0.2, 0) is 10.0 Å². The number of hydrogen-bond donors (Lipinski definition) is 1. The van der Waals surface area contributed by atoms with Crippen molar-refractivity contribution >= 4 is 10.0 Å². The van der Waals surface area contributed by atoms with Crippen molar-refractivity contribution in [2.45, 2.75) is 31.7 Å². The van der Waals surface area contributed by atoms with E-state index in [1.165, 1.54) is 10.4 Å². The largest absolute Gasteiger partial charge is 0.489 e. The number of nitrogens with one attached hydrogen (secondary N) is 1. The van der Waals surface area contributed by atoms with Crippen molar-refractivity contribution in [1.82, 2.24) is 9.62 Å². The molecule has 0 bridgehead atoms. The summed E-state index contributed by atoms with van der Waals surface area (Å²) in [7, 11) is -3.44. The van der Waals surface area contributed by atoms with E-state index in [1.54, 1.807) is 30.3 Å². The maximum absolute atomic E-state index is 13.5. The fourth-order valence-electron chi connectivity index (χ4n) is 2.76. The van der Waals surface area contributed by atoms with Gasteiger partial charge in [0.1, 0.15) is 6.61 Å². The summed E-state index contributed by atoms with van der Waals surface area (Å²) in [4.78, 5) is 0.296. The number of ether oxygens (including phenoxy) is 1. The quantitative estimate of drug-likeness (QED) is 0.626. The molecule has 5 nitrogen and oxygen atoms in total. The van der Waals surface area contributed by atoms with E-state index < -0.39 is 10.0 Å². The summed E-state index contributed by atoms with van der Waals surface area (Å²) in [6.45, 7) is 7.39. The molecule has 0 aliphatic heterocycles. The lowest BCUT2D eigenvalue weighted by molar-refractivity contribution is 0.293. The Hall–Kier alpha value is -1.96. The first-order valence-electron chi connectivity index (χ1n) is 9.11. The van der Waals surface area contributed by atoms with E-state index in [2.05, 4.69) is 5.32 Å². The molecule has 0 spiro atoms. The molecular weight excluding hydrogens is 367 g/mol. The lowest BCUT2D eigenvalue weighted by atomic mass is 10.1. The molecule has 0 radical (unpaired) electrons. The van der Waals surface area contributed by atoms with Crippen LogP contribution < -0.4 is 10.1 Å². The van der Waals surface area contributed by atoms with Crippen molar-refractivity contribution in [2.24, 2.45) is 0 Å². The van der Waals surface area contributed by atoms with Gasteiger partial charge in [0.15, 0.2) is 11.6 Å². The highest BCUT2D eigenvalue weighted by Gasteiger charge is 2.21. The molecule has 0 amide bonds. The van der Waals surface area contributed by atoms with E-state index >= 15 is 0 Å². The molecule has 2 aromatic carbocycles. The number of hydrogen-bond acceptors (Lipinski definition) is 4. The Morgan fingerprint density at radius 1 is 1.07 bits per heavy atom. The highest BCUT2D eigenvalue weighted by atomic mass is 32.2. The normalized spacial score (nSPS) is 12.9. The van der Waals surface area contributed by atoms with E-state index in [-0.39, 0.29) is 17.6 Å². The number of halogens is 1. The summed E-state index contributed by atoms with van der Waals surface area (Å²) in [6.07, 6.45) is 0. The van der Waals surface area contributed by atoms with E-state index in [1.807, 2.05) is 32.9 Å². The predicted octanol–water partition coefficient (Wildman–Crippen LogP) is 3.59. The second-order valence-corrected chi connectivity index (χ2v) is 8.05. The summed E-state index contributed by atoms with van der Waals surface area (Å²) in [6, 6.07) is 13.2. The van der Waals surface area contributed by atoms with Crippen molar-refractivity contribution in [2.75, 3.05) is 26.2 Å². The first-order chi connectivity index (χ1) is 12.9. The molecule has 0 aliphatic rings. The van der Waals surface area contributed by atoms with Crippen LogP contribution in [0.1, 0.15) is 32.4 Å². The van der Waals surface area contributed by atoms with Crippen molar-refractivity contribution in [3.63, 3.8) is 0 Å². The highest BCUT2D eigenvalue weighted by molar-refractivity contribution is 7.89. The van der Waals surface area contributed by atoms with Crippen LogP contribution in [0.5, 0.6) is 5.75 Å². The van der Waals surface area contributed by atoms with Crippen LogP contribution in [0.15, 0.2) is 53.4 Å². The maximum atomic E-state index is 13.5. The van der Waals surface area contributed by atoms with Gasteiger partial charge >= 0.3 is 0 Å². The lowest BCUT2D eigenvalue weighted by Crippen LogP contribution is -2.30. The second kappa shape index (κ2) is 9.82. The van der Waals surface area contributed by atoms with E-state index in [4.69, 9.17) is 4.74 Å². The molecule has 1 N–H and O–H groups in total. The van der Waals surface area contributed by atoms with E-state index in [9.17, 15) is 12.8 Å². The van der Waals surface area contributed by atoms with Gasteiger partial charge in [0, 0.05) is 25.7 Å². The van der Waals surface area contributed by atoms with Gasteiger partial charge in [-0.2, -0.15) is 4.31 Å². The van der Waals surface area contributed by atoms with Crippen molar-refractivity contribution in [3.8, 4) is 5.75 Å². The zero-order valence-corrected chi connectivity index (χ0v) is 16.8. The molecule has 0 heterocycles. The monoisotopic (exact) mass is 394 g/mol. The molecule has 0 unspecified atom stereocenters. The third-order valence-electron chi connectivity index (χ3n) is 4.37. The van der Waals surface area contributed by atoms with E-state index in [0.717, 1.165) is 5.56 Å². The molecule has 0 aliphatic carbocycles. The Labute approximate surface area is 161 Å². The highest BCUT2D eigenvalue weighted by Crippen LogP contribution is 2.19. The summed E-state index contributed by atoms with van der Waals surface area (Å²) in [5.74, 6) is -0.145. The van der Waals surface area contributed by atoms with Crippen LogP contribution in [-0.4, -0.2) is 39.0 Å². The summed E-state index contributed by atoms with van der Waals surface area (Å²) >= 11 is 0. The maximum Gasteiger partial charge on any atom is 0.243 e. The number of para-hydroxylation sites is 1. The van der Waals surface area contributed by atoms with Crippen LogP contribution >= 0.6 is 0 Å². The summed E-state index contributed by atoms with van der Waals surface area (Å²) < 4.78 is 45.4. The molecule has 27 heavy (non-hydrogen) atoms. The molecule has 1 atom stereocenters. The first-order valence-corrected chi connectivity index (χ1v) is 10.5. The smallest absolute Gasteiger partial charge is 0.243 e. The van der Waals surface area contributed by atoms with Gasteiger partial charge in [0.2, 0.25) is 10.0 Å². The van der Waals surface area contributed by atoms with Gasteiger partial charge in [-0.1, -0.05) is 38.1 Å². The first kappa shape index (κ1) is 21.3. The third kappa shape index (κ3) is 5.51. The van der Waals surface area contributed by atoms with Gasteiger partial charge in [0.05, 0.1) is 4.90 Å². The Bertz CT molecular complexity index is 821. The number of sulfonamides is 1. The van der Waals surface area contributed by atoms with Crippen LogP contribution in [0, 0.1) is 5.82 Å².